The van der Waals surface area contributed by atoms with E-state index in [-0.39, 0.29) is 18.5 Å². The highest BCUT2D eigenvalue weighted by atomic mass is 16.4. The van der Waals surface area contributed by atoms with Crippen LogP contribution in [0.1, 0.15) is 44.9 Å². The van der Waals surface area contributed by atoms with Gasteiger partial charge in [-0.15, -0.1) is 0 Å². The summed E-state index contributed by atoms with van der Waals surface area (Å²) in [6, 6.07) is -0.0497. The van der Waals surface area contributed by atoms with Gasteiger partial charge in [0.15, 0.2) is 0 Å². The number of nitrogens with zero attached hydrogens (tertiary/aromatic N) is 2. The van der Waals surface area contributed by atoms with Crippen LogP contribution < -0.4 is 0 Å². The second-order valence-corrected chi connectivity index (χ2v) is 5.27. The molecular formula is C13H22N2O3. The number of urea groups is 1. The van der Waals surface area contributed by atoms with Crippen LogP contribution in [-0.2, 0) is 4.79 Å². The summed E-state index contributed by atoms with van der Waals surface area (Å²) in [7, 11) is 0. The van der Waals surface area contributed by atoms with Crippen molar-refractivity contribution < 1.29 is 14.7 Å². The van der Waals surface area contributed by atoms with Crippen LogP contribution in [0.3, 0.4) is 0 Å². The van der Waals surface area contributed by atoms with Crippen LogP contribution >= 0.6 is 0 Å². The molecule has 2 fully saturated rings. The molecule has 18 heavy (non-hydrogen) atoms. The van der Waals surface area contributed by atoms with Crippen LogP contribution in [0.15, 0.2) is 0 Å². The maximum absolute atomic E-state index is 12.4. The van der Waals surface area contributed by atoms with E-state index in [2.05, 4.69) is 0 Å². The molecule has 2 amide bonds. The first-order chi connectivity index (χ1) is 8.68. The van der Waals surface area contributed by atoms with Crippen LogP contribution in [0.25, 0.3) is 0 Å². The Balaban J connectivity index is 1.98. The van der Waals surface area contributed by atoms with E-state index in [4.69, 9.17) is 5.11 Å². The molecule has 2 rings (SSSR count). The highest BCUT2D eigenvalue weighted by molar-refractivity contribution is 5.76. The number of rotatable bonds is 2. The summed E-state index contributed by atoms with van der Waals surface area (Å²) in [5.74, 6) is -0.807. The van der Waals surface area contributed by atoms with Crippen molar-refractivity contribution in [2.75, 3.05) is 19.6 Å². The molecule has 0 saturated carbocycles. The van der Waals surface area contributed by atoms with Gasteiger partial charge in [-0.25, -0.2) is 4.79 Å². The van der Waals surface area contributed by atoms with Crippen LogP contribution in [0.2, 0.25) is 0 Å². The van der Waals surface area contributed by atoms with E-state index in [9.17, 15) is 9.59 Å². The van der Waals surface area contributed by atoms with Gasteiger partial charge in [0.05, 0.1) is 6.42 Å². The van der Waals surface area contributed by atoms with E-state index in [0.717, 1.165) is 45.2 Å². The molecule has 102 valence electrons. The third-order valence-electron chi connectivity index (χ3n) is 3.91. The molecule has 0 aromatic rings. The number of likely N-dealkylation sites (tertiary alicyclic amines) is 2. The lowest BCUT2D eigenvalue weighted by atomic mass is 9.99. The summed E-state index contributed by atoms with van der Waals surface area (Å²) < 4.78 is 0. The van der Waals surface area contributed by atoms with Gasteiger partial charge in [0.1, 0.15) is 0 Å². The molecule has 1 atom stereocenters. The summed E-state index contributed by atoms with van der Waals surface area (Å²) in [6.45, 7) is 2.37. The first-order valence-corrected chi connectivity index (χ1v) is 6.96. The van der Waals surface area contributed by atoms with E-state index in [1.54, 1.807) is 4.90 Å². The fourth-order valence-corrected chi connectivity index (χ4v) is 2.93. The van der Waals surface area contributed by atoms with Gasteiger partial charge >= 0.3 is 12.0 Å². The number of carboxylic acids is 1. The fourth-order valence-electron chi connectivity index (χ4n) is 2.93. The maximum Gasteiger partial charge on any atom is 0.320 e. The molecule has 5 heteroatoms. The van der Waals surface area contributed by atoms with Crippen molar-refractivity contribution >= 4 is 12.0 Å². The van der Waals surface area contributed by atoms with Crippen molar-refractivity contribution in [2.24, 2.45) is 0 Å². The smallest absolute Gasteiger partial charge is 0.320 e. The molecule has 0 aromatic carbocycles. The van der Waals surface area contributed by atoms with E-state index in [1.807, 2.05) is 4.90 Å². The van der Waals surface area contributed by atoms with Crippen LogP contribution in [0.4, 0.5) is 4.79 Å². The number of aliphatic carboxylic acids is 1. The Hall–Kier alpha value is -1.26. The molecule has 0 radical (unpaired) electrons. The molecule has 2 aliphatic heterocycles. The minimum Gasteiger partial charge on any atom is -0.481 e. The standard InChI is InChI=1S/C13H22N2O3/c16-12(17)10-11-6-2-5-9-15(11)13(18)14-7-3-1-4-8-14/h11H,1-10H2,(H,16,17). The Labute approximate surface area is 108 Å². The van der Waals surface area contributed by atoms with Crippen molar-refractivity contribution in [1.29, 1.82) is 0 Å². The van der Waals surface area contributed by atoms with Crippen molar-refractivity contribution in [3.05, 3.63) is 0 Å². The average Bonchev–Trinajstić information content (AvgIpc) is 2.39. The van der Waals surface area contributed by atoms with Crippen molar-refractivity contribution in [2.45, 2.75) is 51.0 Å². The fraction of sp³-hybridized carbons (Fsp3) is 0.846. The van der Waals surface area contributed by atoms with Gasteiger partial charge in [0.2, 0.25) is 0 Å². The zero-order valence-electron chi connectivity index (χ0n) is 10.8. The summed E-state index contributed by atoms with van der Waals surface area (Å²) in [5, 5.41) is 8.92. The third-order valence-corrected chi connectivity index (χ3v) is 3.91. The first kappa shape index (κ1) is 13.2. The minimum atomic E-state index is -0.807. The molecule has 0 aliphatic carbocycles. The summed E-state index contributed by atoms with van der Waals surface area (Å²) in [4.78, 5) is 27.0. The number of amides is 2. The van der Waals surface area contributed by atoms with Crippen LogP contribution in [0.5, 0.6) is 0 Å². The maximum atomic E-state index is 12.4. The molecule has 0 aromatic heterocycles. The Morgan fingerprint density at radius 2 is 1.67 bits per heavy atom. The number of piperidine rings is 2. The Morgan fingerprint density at radius 1 is 1.00 bits per heavy atom. The van der Waals surface area contributed by atoms with E-state index in [1.165, 1.54) is 6.42 Å². The minimum absolute atomic E-state index is 0.0562. The lowest BCUT2D eigenvalue weighted by molar-refractivity contribution is -0.138. The van der Waals surface area contributed by atoms with Crippen LogP contribution in [-0.4, -0.2) is 52.6 Å². The molecular weight excluding hydrogens is 232 g/mol. The van der Waals surface area contributed by atoms with Gasteiger partial charge in [0.25, 0.3) is 0 Å². The highest BCUT2D eigenvalue weighted by Gasteiger charge is 2.31. The van der Waals surface area contributed by atoms with Crippen molar-refractivity contribution in [1.82, 2.24) is 9.80 Å². The molecule has 1 unspecified atom stereocenters. The lowest BCUT2D eigenvalue weighted by Crippen LogP contribution is -2.52. The van der Waals surface area contributed by atoms with Gasteiger partial charge < -0.3 is 14.9 Å². The Kier molecular flexibility index (Phi) is 4.44. The molecule has 2 saturated heterocycles. The second-order valence-electron chi connectivity index (χ2n) is 5.27. The Morgan fingerprint density at radius 3 is 2.33 bits per heavy atom. The topological polar surface area (TPSA) is 60.9 Å². The van der Waals surface area contributed by atoms with Crippen LogP contribution in [0, 0.1) is 0 Å². The zero-order chi connectivity index (χ0) is 13.0. The number of hydrogen-bond donors (Lipinski definition) is 1. The normalized spacial score (nSPS) is 25.0. The van der Waals surface area contributed by atoms with Gasteiger partial charge in [-0.05, 0) is 38.5 Å². The molecule has 2 heterocycles. The quantitative estimate of drug-likeness (QED) is 0.819. The van der Waals surface area contributed by atoms with Crippen molar-refractivity contribution in [3.8, 4) is 0 Å². The average molecular weight is 254 g/mol. The van der Waals surface area contributed by atoms with Crippen molar-refractivity contribution in [3.63, 3.8) is 0 Å². The molecule has 2 aliphatic rings. The lowest BCUT2D eigenvalue weighted by Gasteiger charge is -2.39. The predicted octanol–water partition coefficient (Wildman–Crippen LogP) is 1.92. The van der Waals surface area contributed by atoms with E-state index >= 15 is 0 Å². The first-order valence-electron chi connectivity index (χ1n) is 6.96. The zero-order valence-corrected chi connectivity index (χ0v) is 10.8. The largest absolute Gasteiger partial charge is 0.481 e. The number of hydrogen-bond acceptors (Lipinski definition) is 2. The van der Waals surface area contributed by atoms with E-state index < -0.39 is 5.97 Å². The summed E-state index contributed by atoms with van der Waals surface area (Å²) >= 11 is 0. The molecule has 0 bridgehead atoms. The highest BCUT2D eigenvalue weighted by Crippen LogP contribution is 2.22. The van der Waals surface area contributed by atoms with Gasteiger partial charge in [-0.1, -0.05) is 0 Å². The van der Waals surface area contributed by atoms with Gasteiger partial charge in [0, 0.05) is 25.7 Å². The van der Waals surface area contributed by atoms with Gasteiger partial charge in [-0.2, -0.15) is 0 Å². The number of carbonyl (C=O) groups is 2. The summed E-state index contributed by atoms with van der Waals surface area (Å²) in [5.41, 5.74) is 0. The van der Waals surface area contributed by atoms with Gasteiger partial charge in [-0.3, -0.25) is 4.79 Å². The summed E-state index contributed by atoms with van der Waals surface area (Å²) in [6.07, 6.45) is 6.28. The predicted molar refractivity (Wildman–Crippen MR) is 67.4 cm³/mol. The molecule has 1 N–H and O–H groups in total. The molecule has 0 spiro atoms. The molecule has 5 nitrogen and oxygen atoms in total. The van der Waals surface area contributed by atoms with E-state index in [0.29, 0.717) is 6.54 Å². The second kappa shape index (κ2) is 6.07. The number of carboxylic acid groups (broad SMARTS) is 1. The Bertz CT molecular complexity index is 313. The third kappa shape index (κ3) is 3.15. The number of carbonyl (C=O) groups excluding carboxylic acids is 1. The SMILES string of the molecule is O=C(O)CC1CCCCN1C(=O)N1CCCCC1. The monoisotopic (exact) mass is 254 g/mol.